The third kappa shape index (κ3) is 5.44. The van der Waals surface area contributed by atoms with Crippen LogP contribution in [0.2, 0.25) is 0 Å². The molecule has 4 rings (SSSR count). The highest BCUT2D eigenvalue weighted by Gasteiger charge is 2.30. The highest BCUT2D eigenvalue weighted by Crippen LogP contribution is 2.31. The Morgan fingerprint density at radius 2 is 1.82 bits per heavy atom. The molecule has 0 radical (unpaired) electrons. The number of aromatic nitrogens is 3. The van der Waals surface area contributed by atoms with Gasteiger partial charge in [-0.25, -0.2) is 4.98 Å². The summed E-state index contributed by atoms with van der Waals surface area (Å²) in [7, 11) is 0. The molecule has 10 heteroatoms. The number of likely N-dealkylation sites (tertiary alicyclic amines) is 1. The van der Waals surface area contributed by atoms with Crippen molar-refractivity contribution in [3.8, 4) is 0 Å². The number of nitrogens with one attached hydrogen (secondary N) is 3. The third-order valence-corrected chi connectivity index (χ3v) is 6.02. The molecule has 1 saturated heterocycles. The number of piperidine rings is 1. The molecule has 0 bridgehead atoms. The number of hydrogen-bond acceptors (Lipinski definition) is 6. The zero-order valence-electron chi connectivity index (χ0n) is 18.5. The zero-order valence-corrected chi connectivity index (χ0v) is 18.5. The van der Waals surface area contributed by atoms with Crippen LogP contribution in [0.5, 0.6) is 0 Å². The maximum Gasteiger partial charge on any atom is 0.416 e. The fourth-order valence-corrected chi connectivity index (χ4v) is 4.05. The van der Waals surface area contributed by atoms with Crippen LogP contribution in [-0.4, -0.2) is 45.5 Å². The first-order valence-electron chi connectivity index (χ1n) is 11.0. The Morgan fingerprint density at radius 3 is 2.45 bits per heavy atom. The number of aromatic amines is 1. The van der Waals surface area contributed by atoms with Crippen molar-refractivity contribution < 1.29 is 13.2 Å². The molecule has 33 heavy (non-hydrogen) atoms. The van der Waals surface area contributed by atoms with Gasteiger partial charge in [0.1, 0.15) is 11.2 Å². The van der Waals surface area contributed by atoms with E-state index in [1.54, 1.807) is 6.07 Å². The molecule has 176 valence electrons. The SMILES string of the molecule is CC(C)N1CCC(CNc2nc(Nc3ccc(C(F)(F)F)cc3)c3c(=O)[nH]ccc3n2)CC1. The van der Waals surface area contributed by atoms with Crippen molar-refractivity contribution in [2.45, 2.75) is 38.9 Å². The maximum atomic E-state index is 12.9. The summed E-state index contributed by atoms with van der Waals surface area (Å²) in [6.45, 7) is 7.22. The summed E-state index contributed by atoms with van der Waals surface area (Å²) in [5.74, 6) is 1.09. The van der Waals surface area contributed by atoms with Crippen molar-refractivity contribution in [2.24, 2.45) is 5.92 Å². The van der Waals surface area contributed by atoms with Crippen LogP contribution in [0, 0.1) is 5.92 Å². The van der Waals surface area contributed by atoms with E-state index in [2.05, 4.69) is 44.3 Å². The van der Waals surface area contributed by atoms with Crippen molar-refractivity contribution >= 4 is 28.4 Å². The van der Waals surface area contributed by atoms with Gasteiger partial charge in [-0.2, -0.15) is 18.2 Å². The number of hydrogen-bond donors (Lipinski definition) is 3. The average molecular weight is 461 g/mol. The number of benzene rings is 1. The molecule has 2 aromatic heterocycles. The summed E-state index contributed by atoms with van der Waals surface area (Å²) in [4.78, 5) is 26.4. The summed E-state index contributed by atoms with van der Waals surface area (Å²) in [6, 6.07) is 6.80. The van der Waals surface area contributed by atoms with Crippen LogP contribution >= 0.6 is 0 Å². The molecular formula is C23H27F3N6O. The maximum absolute atomic E-state index is 12.9. The molecule has 0 aliphatic carbocycles. The molecule has 1 fully saturated rings. The first-order valence-corrected chi connectivity index (χ1v) is 11.0. The van der Waals surface area contributed by atoms with E-state index in [1.165, 1.54) is 18.3 Å². The van der Waals surface area contributed by atoms with E-state index in [-0.39, 0.29) is 16.8 Å². The van der Waals surface area contributed by atoms with Gasteiger partial charge in [0, 0.05) is 24.5 Å². The van der Waals surface area contributed by atoms with Crippen molar-refractivity contribution in [3.63, 3.8) is 0 Å². The summed E-state index contributed by atoms with van der Waals surface area (Å²) in [6.07, 6.45) is -0.755. The van der Waals surface area contributed by atoms with Crippen LogP contribution in [0.15, 0.2) is 41.3 Å². The van der Waals surface area contributed by atoms with Crippen LogP contribution in [0.3, 0.4) is 0 Å². The molecule has 0 unspecified atom stereocenters. The van der Waals surface area contributed by atoms with Gasteiger partial charge in [0.2, 0.25) is 5.95 Å². The van der Waals surface area contributed by atoms with Crippen LogP contribution in [0.25, 0.3) is 10.9 Å². The molecule has 0 amide bonds. The molecule has 0 saturated carbocycles. The lowest BCUT2D eigenvalue weighted by Crippen LogP contribution is -2.39. The van der Waals surface area contributed by atoms with Gasteiger partial charge < -0.3 is 20.5 Å². The molecule has 1 aliphatic rings. The van der Waals surface area contributed by atoms with Gasteiger partial charge in [-0.1, -0.05) is 0 Å². The van der Waals surface area contributed by atoms with E-state index >= 15 is 0 Å². The van der Waals surface area contributed by atoms with Crippen LogP contribution in [0.1, 0.15) is 32.3 Å². The van der Waals surface area contributed by atoms with Crippen LogP contribution in [0.4, 0.5) is 30.6 Å². The number of H-pyrrole nitrogens is 1. The van der Waals surface area contributed by atoms with E-state index < -0.39 is 11.7 Å². The fraction of sp³-hybridized carbons (Fsp3) is 0.435. The second kappa shape index (κ2) is 9.38. The average Bonchev–Trinajstić information content (AvgIpc) is 2.77. The Balaban J connectivity index is 1.54. The van der Waals surface area contributed by atoms with Gasteiger partial charge in [0.25, 0.3) is 5.56 Å². The lowest BCUT2D eigenvalue weighted by molar-refractivity contribution is -0.137. The Kier molecular flexibility index (Phi) is 6.55. The topological polar surface area (TPSA) is 85.9 Å². The number of fused-ring (bicyclic) bond motifs is 1. The largest absolute Gasteiger partial charge is 0.416 e. The molecule has 0 spiro atoms. The lowest BCUT2D eigenvalue weighted by atomic mass is 9.96. The van der Waals surface area contributed by atoms with Gasteiger partial charge in [0.05, 0.1) is 11.1 Å². The molecule has 3 heterocycles. The predicted molar refractivity (Wildman–Crippen MR) is 123 cm³/mol. The van der Waals surface area contributed by atoms with E-state index in [9.17, 15) is 18.0 Å². The Morgan fingerprint density at radius 1 is 1.12 bits per heavy atom. The normalized spacial score (nSPS) is 15.8. The van der Waals surface area contributed by atoms with Crippen LogP contribution < -0.4 is 16.2 Å². The molecule has 3 aromatic rings. The van der Waals surface area contributed by atoms with Gasteiger partial charge in [-0.05, 0) is 76.0 Å². The van der Waals surface area contributed by atoms with Crippen LogP contribution in [-0.2, 0) is 6.18 Å². The zero-order chi connectivity index (χ0) is 23.6. The summed E-state index contributed by atoms with van der Waals surface area (Å²) >= 11 is 0. The Hall–Kier alpha value is -3.14. The first kappa shape index (κ1) is 23.0. The number of anilines is 3. The molecule has 0 atom stereocenters. The highest BCUT2D eigenvalue weighted by molar-refractivity contribution is 5.90. The number of halogens is 3. The number of alkyl halides is 3. The number of rotatable bonds is 6. The molecule has 7 nitrogen and oxygen atoms in total. The van der Waals surface area contributed by atoms with Gasteiger partial charge in [-0.3, -0.25) is 4.79 Å². The molecule has 1 aliphatic heterocycles. The highest BCUT2D eigenvalue weighted by atomic mass is 19.4. The minimum absolute atomic E-state index is 0.235. The van der Waals surface area contributed by atoms with Gasteiger partial charge >= 0.3 is 6.18 Å². The predicted octanol–water partition coefficient (Wildman–Crippen LogP) is 4.61. The second-order valence-electron chi connectivity index (χ2n) is 8.62. The monoisotopic (exact) mass is 460 g/mol. The summed E-state index contributed by atoms with van der Waals surface area (Å²) in [5.41, 5.74) is -0.294. The molecule has 1 aromatic carbocycles. The fourth-order valence-electron chi connectivity index (χ4n) is 4.05. The van der Waals surface area contributed by atoms with E-state index in [0.717, 1.165) is 38.1 Å². The standard InChI is InChI=1S/C23H27F3N6O/c1-14(2)32-11-8-15(9-12-32)13-28-22-30-18-7-10-27-21(33)19(18)20(31-22)29-17-5-3-16(4-6-17)23(24,25)26/h3-7,10,14-15H,8-9,11-13H2,1-2H3,(H,27,33)(H2,28,29,30,31). The lowest BCUT2D eigenvalue weighted by Gasteiger charge is -2.34. The first-order chi connectivity index (χ1) is 15.7. The Bertz CT molecular complexity index is 1150. The third-order valence-electron chi connectivity index (χ3n) is 6.02. The van der Waals surface area contributed by atoms with Gasteiger partial charge in [-0.15, -0.1) is 0 Å². The van der Waals surface area contributed by atoms with Crippen molar-refractivity contribution in [1.29, 1.82) is 0 Å². The summed E-state index contributed by atoms with van der Waals surface area (Å²) < 4.78 is 38.6. The smallest absolute Gasteiger partial charge is 0.354 e. The minimum atomic E-state index is -4.42. The van der Waals surface area contributed by atoms with E-state index in [0.29, 0.717) is 35.7 Å². The Labute approximate surface area is 189 Å². The number of pyridine rings is 1. The number of nitrogens with zero attached hydrogens (tertiary/aromatic N) is 3. The second-order valence-corrected chi connectivity index (χ2v) is 8.62. The molecule has 3 N–H and O–H groups in total. The van der Waals surface area contributed by atoms with E-state index in [1.807, 2.05) is 0 Å². The van der Waals surface area contributed by atoms with Crippen molar-refractivity contribution in [3.05, 3.63) is 52.4 Å². The quantitative estimate of drug-likeness (QED) is 0.498. The minimum Gasteiger partial charge on any atom is -0.354 e. The van der Waals surface area contributed by atoms with Gasteiger partial charge in [0.15, 0.2) is 0 Å². The summed E-state index contributed by atoms with van der Waals surface area (Å²) in [5, 5.41) is 6.51. The van der Waals surface area contributed by atoms with Crippen molar-refractivity contribution in [2.75, 3.05) is 30.3 Å². The molecular weight excluding hydrogens is 433 g/mol. The van der Waals surface area contributed by atoms with E-state index in [4.69, 9.17) is 0 Å². The van der Waals surface area contributed by atoms with Crippen molar-refractivity contribution in [1.82, 2.24) is 19.9 Å².